The summed E-state index contributed by atoms with van der Waals surface area (Å²) in [6.45, 7) is 3.17. The van der Waals surface area contributed by atoms with Crippen molar-refractivity contribution in [2.45, 2.75) is 20.0 Å². The van der Waals surface area contributed by atoms with Crippen molar-refractivity contribution in [1.29, 1.82) is 0 Å². The van der Waals surface area contributed by atoms with Crippen LogP contribution in [0, 0.1) is 0 Å². The van der Waals surface area contributed by atoms with E-state index in [-0.39, 0.29) is 17.2 Å². The molecule has 6 heteroatoms. The Balaban J connectivity index is 1.82. The highest BCUT2D eigenvalue weighted by molar-refractivity contribution is 6.30. The minimum Gasteiger partial charge on any atom is -0.333 e. The van der Waals surface area contributed by atoms with Gasteiger partial charge in [0.1, 0.15) is 5.69 Å². The molecular weight excluding hydrogens is 362 g/mol. The molecule has 0 aliphatic carbocycles. The van der Waals surface area contributed by atoms with Crippen molar-refractivity contribution in [2.24, 2.45) is 0 Å². The number of amides is 1. The number of aromatic nitrogens is 2. The van der Waals surface area contributed by atoms with Gasteiger partial charge in [-0.2, -0.15) is 5.10 Å². The Bertz CT molecular complexity index is 986. The Morgan fingerprint density at radius 3 is 2.48 bits per heavy atom. The molecular formula is C21H20ClN3O2. The molecule has 138 valence electrons. The summed E-state index contributed by atoms with van der Waals surface area (Å²) in [5.74, 6) is -0.223. The molecule has 1 heterocycles. The predicted molar refractivity (Wildman–Crippen MR) is 106 cm³/mol. The maximum Gasteiger partial charge on any atom is 0.274 e. The maximum absolute atomic E-state index is 12.9. The summed E-state index contributed by atoms with van der Waals surface area (Å²) in [6, 6.07) is 19.8. The van der Waals surface area contributed by atoms with E-state index in [2.05, 4.69) is 5.10 Å². The first-order chi connectivity index (χ1) is 13.1. The normalized spacial score (nSPS) is 10.6. The zero-order chi connectivity index (χ0) is 19.2. The molecule has 0 saturated carbocycles. The van der Waals surface area contributed by atoms with Crippen LogP contribution in [-0.4, -0.2) is 27.1 Å². The van der Waals surface area contributed by atoms with E-state index < -0.39 is 0 Å². The van der Waals surface area contributed by atoms with Gasteiger partial charge in [0, 0.05) is 24.2 Å². The van der Waals surface area contributed by atoms with Gasteiger partial charge in [-0.3, -0.25) is 9.59 Å². The molecule has 5 nitrogen and oxygen atoms in total. The number of halogens is 1. The Kier molecular flexibility index (Phi) is 6.04. The summed E-state index contributed by atoms with van der Waals surface area (Å²) in [4.78, 5) is 26.7. The molecule has 2 aromatic carbocycles. The standard InChI is InChI=1S/C21H20ClN3O2/c1-2-24(14-17-9-6-10-18(22)13-17)21(27)19-11-12-20(26)25(23-19)15-16-7-4-3-5-8-16/h3-13H,2,14-15H2,1H3. The molecule has 0 bridgehead atoms. The lowest BCUT2D eigenvalue weighted by Crippen LogP contribution is -2.33. The molecule has 1 amide bonds. The van der Waals surface area contributed by atoms with Crippen LogP contribution in [0.5, 0.6) is 0 Å². The average Bonchev–Trinajstić information content (AvgIpc) is 2.68. The topological polar surface area (TPSA) is 55.2 Å². The van der Waals surface area contributed by atoms with Crippen molar-refractivity contribution in [3.8, 4) is 0 Å². The second-order valence-corrected chi connectivity index (χ2v) is 6.59. The van der Waals surface area contributed by atoms with E-state index in [1.54, 1.807) is 11.0 Å². The van der Waals surface area contributed by atoms with Crippen LogP contribution in [0.3, 0.4) is 0 Å². The lowest BCUT2D eigenvalue weighted by Gasteiger charge is -2.21. The summed E-state index contributed by atoms with van der Waals surface area (Å²) < 4.78 is 1.32. The van der Waals surface area contributed by atoms with Crippen LogP contribution in [-0.2, 0) is 13.1 Å². The molecule has 0 spiro atoms. The molecule has 3 aromatic rings. The van der Waals surface area contributed by atoms with Gasteiger partial charge >= 0.3 is 0 Å². The SMILES string of the molecule is CCN(Cc1cccc(Cl)c1)C(=O)c1ccc(=O)n(Cc2ccccc2)n1. The number of hydrogen-bond donors (Lipinski definition) is 0. The Morgan fingerprint density at radius 1 is 1.04 bits per heavy atom. The summed E-state index contributed by atoms with van der Waals surface area (Å²) in [7, 11) is 0. The van der Waals surface area contributed by atoms with E-state index in [0.29, 0.717) is 24.7 Å². The van der Waals surface area contributed by atoms with Crippen LogP contribution in [0.2, 0.25) is 5.02 Å². The summed E-state index contributed by atoms with van der Waals surface area (Å²) in [6.07, 6.45) is 0. The maximum atomic E-state index is 12.9. The van der Waals surface area contributed by atoms with Gasteiger partial charge in [-0.05, 0) is 36.2 Å². The Hall–Kier alpha value is -2.92. The number of hydrogen-bond acceptors (Lipinski definition) is 3. The lowest BCUT2D eigenvalue weighted by atomic mass is 10.2. The van der Waals surface area contributed by atoms with E-state index >= 15 is 0 Å². The van der Waals surface area contributed by atoms with Crippen molar-refractivity contribution in [1.82, 2.24) is 14.7 Å². The third kappa shape index (κ3) is 4.83. The van der Waals surface area contributed by atoms with Crippen LogP contribution in [0.4, 0.5) is 0 Å². The zero-order valence-corrected chi connectivity index (χ0v) is 15.8. The van der Waals surface area contributed by atoms with Crippen LogP contribution in [0.15, 0.2) is 71.5 Å². The third-order valence-corrected chi connectivity index (χ3v) is 4.43. The lowest BCUT2D eigenvalue weighted by molar-refractivity contribution is 0.0744. The number of nitrogens with zero attached hydrogens (tertiary/aromatic N) is 3. The molecule has 0 N–H and O–H groups in total. The largest absolute Gasteiger partial charge is 0.333 e. The summed E-state index contributed by atoms with van der Waals surface area (Å²) >= 11 is 6.03. The van der Waals surface area contributed by atoms with Gasteiger partial charge in [-0.1, -0.05) is 54.1 Å². The van der Waals surface area contributed by atoms with Gasteiger partial charge in [0.05, 0.1) is 6.54 Å². The average molecular weight is 382 g/mol. The molecule has 0 fully saturated rings. The molecule has 0 unspecified atom stereocenters. The predicted octanol–water partition coefficient (Wildman–Crippen LogP) is 3.61. The fraction of sp³-hybridized carbons (Fsp3) is 0.190. The van der Waals surface area contributed by atoms with Crippen molar-refractivity contribution >= 4 is 17.5 Å². The monoisotopic (exact) mass is 381 g/mol. The zero-order valence-electron chi connectivity index (χ0n) is 15.0. The van der Waals surface area contributed by atoms with Gasteiger partial charge in [-0.15, -0.1) is 0 Å². The summed E-state index contributed by atoms with van der Waals surface area (Å²) in [5, 5.41) is 4.91. The molecule has 1 aromatic heterocycles. The molecule has 0 atom stereocenters. The van der Waals surface area contributed by atoms with Crippen LogP contribution >= 0.6 is 11.6 Å². The van der Waals surface area contributed by atoms with E-state index in [1.807, 2.05) is 55.5 Å². The summed E-state index contributed by atoms with van der Waals surface area (Å²) in [5.41, 5.74) is 1.89. The van der Waals surface area contributed by atoms with Crippen molar-refractivity contribution in [3.05, 3.63) is 98.9 Å². The second-order valence-electron chi connectivity index (χ2n) is 6.15. The highest BCUT2D eigenvalue weighted by Gasteiger charge is 2.17. The fourth-order valence-electron chi connectivity index (χ4n) is 2.78. The van der Waals surface area contributed by atoms with Gasteiger partial charge in [0.2, 0.25) is 0 Å². The number of benzene rings is 2. The van der Waals surface area contributed by atoms with E-state index in [9.17, 15) is 9.59 Å². The minimum atomic E-state index is -0.242. The first kappa shape index (κ1) is 18.9. The van der Waals surface area contributed by atoms with Gasteiger partial charge < -0.3 is 4.90 Å². The molecule has 27 heavy (non-hydrogen) atoms. The minimum absolute atomic E-state index is 0.223. The first-order valence-corrected chi connectivity index (χ1v) is 9.10. The van der Waals surface area contributed by atoms with Crippen LogP contribution in [0.25, 0.3) is 0 Å². The quantitative estimate of drug-likeness (QED) is 0.655. The van der Waals surface area contributed by atoms with Crippen molar-refractivity contribution in [3.63, 3.8) is 0 Å². The Labute approximate surface area is 162 Å². The third-order valence-electron chi connectivity index (χ3n) is 4.19. The fourth-order valence-corrected chi connectivity index (χ4v) is 2.99. The highest BCUT2D eigenvalue weighted by atomic mass is 35.5. The molecule has 3 rings (SSSR count). The van der Waals surface area contributed by atoms with Gasteiger partial charge in [0.25, 0.3) is 11.5 Å². The smallest absolute Gasteiger partial charge is 0.274 e. The number of rotatable bonds is 6. The van der Waals surface area contributed by atoms with E-state index in [4.69, 9.17) is 11.6 Å². The molecule has 0 radical (unpaired) electrons. The van der Waals surface area contributed by atoms with E-state index in [1.165, 1.54) is 16.8 Å². The second kappa shape index (κ2) is 8.64. The van der Waals surface area contributed by atoms with Gasteiger partial charge in [0.15, 0.2) is 0 Å². The van der Waals surface area contributed by atoms with Crippen LogP contribution < -0.4 is 5.56 Å². The first-order valence-electron chi connectivity index (χ1n) is 8.72. The number of carbonyl (C=O) groups is 1. The molecule has 0 saturated heterocycles. The Morgan fingerprint density at radius 2 is 1.78 bits per heavy atom. The number of carbonyl (C=O) groups excluding carboxylic acids is 1. The highest BCUT2D eigenvalue weighted by Crippen LogP contribution is 2.14. The van der Waals surface area contributed by atoms with E-state index in [0.717, 1.165) is 11.1 Å². The molecule has 0 aliphatic heterocycles. The van der Waals surface area contributed by atoms with Crippen molar-refractivity contribution < 1.29 is 4.79 Å². The van der Waals surface area contributed by atoms with Crippen LogP contribution in [0.1, 0.15) is 28.5 Å². The van der Waals surface area contributed by atoms with Crippen molar-refractivity contribution in [2.75, 3.05) is 6.54 Å². The van der Waals surface area contributed by atoms with Gasteiger partial charge in [-0.25, -0.2) is 4.68 Å². The molecule has 0 aliphatic rings.